The fourth-order valence-electron chi connectivity index (χ4n) is 6.79. The van der Waals surface area contributed by atoms with Gasteiger partial charge in [-0.3, -0.25) is 4.90 Å². The number of hydrogen-bond acceptors (Lipinski definition) is 9. The van der Waals surface area contributed by atoms with Crippen molar-refractivity contribution >= 4 is 40.7 Å². The highest BCUT2D eigenvalue weighted by molar-refractivity contribution is 5.87. The number of nitrogens with one attached hydrogen (secondary N) is 1. The number of furan rings is 1. The van der Waals surface area contributed by atoms with Crippen LogP contribution in [-0.4, -0.2) is 71.5 Å². The lowest BCUT2D eigenvalue weighted by molar-refractivity contribution is 0.0115. The first-order valence-corrected chi connectivity index (χ1v) is 13.9. The monoisotopic (exact) mass is 501 g/mol. The van der Waals surface area contributed by atoms with Crippen molar-refractivity contribution in [1.82, 2.24) is 19.9 Å². The van der Waals surface area contributed by atoms with Crippen molar-refractivity contribution in [2.24, 2.45) is 4.99 Å². The number of pyridine rings is 1. The molecule has 9 nitrogen and oxygen atoms in total. The second kappa shape index (κ2) is 9.68. The summed E-state index contributed by atoms with van der Waals surface area (Å²) < 4.78 is 11.6. The Labute approximate surface area is 217 Å². The number of ether oxygens (including phenoxy) is 1. The zero-order chi connectivity index (χ0) is 24.7. The zero-order valence-corrected chi connectivity index (χ0v) is 21.4. The maximum atomic E-state index is 6.07. The van der Waals surface area contributed by atoms with Crippen molar-refractivity contribution < 1.29 is 9.15 Å². The van der Waals surface area contributed by atoms with Gasteiger partial charge in [-0.1, -0.05) is 19.3 Å². The summed E-state index contributed by atoms with van der Waals surface area (Å²) in [6.45, 7) is 5.99. The second-order valence-corrected chi connectivity index (χ2v) is 10.9. The molecule has 6 heterocycles. The number of nitrogens with zero attached hydrogens (tertiary/aromatic N) is 6. The first-order chi connectivity index (χ1) is 18.3. The summed E-state index contributed by atoms with van der Waals surface area (Å²) in [4.78, 5) is 23.7. The van der Waals surface area contributed by atoms with E-state index in [1.807, 2.05) is 18.5 Å². The van der Waals surface area contributed by atoms with Crippen molar-refractivity contribution in [3.63, 3.8) is 0 Å². The molecular weight excluding hydrogens is 466 g/mol. The Bertz CT molecular complexity index is 1270. The van der Waals surface area contributed by atoms with Crippen molar-refractivity contribution in [1.29, 1.82) is 0 Å². The molecular formula is C28H35N7O2. The third-order valence-electron chi connectivity index (χ3n) is 8.82. The number of fused-ring (bicyclic) bond motifs is 4. The lowest BCUT2D eigenvalue weighted by Crippen LogP contribution is -2.49. The van der Waals surface area contributed by atoms with E-state index < -0.39 is 0 Å². The normalized spacial score (nSPS) is 22.4. The molecule has 4 aliphatic rings. The lowest BCUT2D eigenvalue weighted by atomic mass is 9.67. The molecule has 0 amide bonds. The van der Waals surface area contributed by atoms with Crippen LogP contribution in [0, 0.1) is 0 Å². The number of aliphatic imine (C=N–C) groups is 1. The summed E-state index contributed by atoms with van der Waals surface area (Å²) in [5.41, 5.74) is 4.05. The molecule has 0 unspecified atom stereocenters. The van der Waals surface area contributed by atoms with Crippen LogP contribution in [0.4, 0.5) is 23.3 Å². The summed E-state index contributed by atoms with van der Waals surface area (Å²) >= 11 is 0. The number of aromatic nitrogens is 3. The maximum Gasteiger partial charge on any atom is 0.229 e. The Morgan fingerprint density at radius 1 is 0.946 bits per heavy atom. The van der Waals surface area contributed by atoms with Gasteiger partial charge in [0.25, 0.3) is 0 Å². The van der Waals surface area contributed by atoms with E-state index in [0.717, 1.165) is 63.0 Å². The highest BCUT2D eigenvalue weighted by atomic mass is 16.5. The molecule has 1 N–H and O–H groups in total. The lowest BCUT2D eigenvalue weighted by Gasteiger charge is -2.40. The molecule has 1 saturated carbocycles. The zero-order valence-electron chi connectivity index (χ0n) is 21.4. The van der Waals surface area contributed by atoms with Gasteiger partial charge in [0.05, 0.1) is 36.9 Å². The molecule has 0 atom stereocenters. The molecule has 1 aliphatic carbocycles. The number of hydrogen-bond donors (Lipinski definition) is 1. The first-order valence-electron chi connectivity index (χ1n) is 13.9. The van der Waals surface area contributed by atoms with Gasteiger partial charge in [0.15, 0.2) is 5.58 Å². The Kier molecular flexibility index (Phi) is 6.05. The van der Waals surface area contributed by atoms with Crippen LogP contribution in [0.15, 0.2) is 33.9 Å². The highest BCUT2D eigenvalue weighted by Crippen LogP contribution is 2.51. The van der Waals surface area contributed by atoms with Gasteiger partial charge in [-0.15, -0.1) is 0 Å². The third-order valence-corrected chi connectivity index (χ3v) is 8.82. The Morgan fingerprint density at radius 2 is 1.78 bits per heavy atom. The molecule has 0 bridgehead atoms. The van der Waals surface area contributed by atoms with Gasteiger partial charge in [-0.2, -0.15) is 0 Å². The van der Waals surface area contributed by atoms with E-state index in [9.17, 15) is 0 Å². The SMILES string of the molecule is C1=Nc2oc3cnc(Nc4ccc(N5CCC(N6CCOCC6)CC5)cn4)nc3c2C2(C1)CCCCC2. The molecule has 3 fully saturated rings. The third kappa shape index (κ3) is 4.38. The van der Waals surface area contributed by atoms with Gasteiger partial charge in [0.2, 0.25) is 11.8 Å². The fourth-order valence-corrected chi connectivity index (χ4v) is 6.79. The van der Waals surface area contributed by atoms with Crippen LogP contribution in [0.3, 0.4) is 0 Å². The van der Waals surface area contributed by atoms with Crippen LogP contribution in [0.2, 0.25) is 0 Å². The van der Waals surface area contributed by atoms with Crippen LogP contribution in [-0.2, 0) is 10.2 Å². The first kappa shape index (κ1) is 23.1. The molecule has 3 aliphatic heterocycles. The molecule has 2 saturated heterocycles. The number of rotatable bonds is 4. The summed E-state index contributed by atoms with van der Waals surface area (Å²) in [7, 11) is 0. The van der Waals surface area contributed by atoms with Crippen LogP contribution >= 0.6 is 0 Å². The minimum atomic E-state index is 0.0985. The molecule has 0 radical (unpaired) electrons. The maximum absolute atomic E-state index is 6.07. The number of anilines is 3. The molecule has 9 heteroatoms. The van der Waals surface area contributed by atoms with Crippen molar-refractivity contribution in [2.75, 3.05) is 49.6 Å². The molecule has 37 heavy (non-hydrogen) atoms. The second-order valence-electron chi connectivity index (χ2n) is 10.9. The van der Waals surface area contributed by atoms with Gasteiger partial charge in [0.1, 0.15) is 11.3 Å². The number of morpholine rings is 1. The van der Waals surface area contributed by atoms with Gasteiger partial charge in [-0.05, 0) is 44.2 Å². The largest absolute Gasteiger partial charge is 0.435 e. The minimum Gasteiger partial charge on any atom is -0.435 e. The molecule has 0 aromatic carbocycles. The average molecular weight is 502 g/mol. The van der Waals surface area contributed by atoms with Gasteiger partial charge in [0, 0.05) is 43.9 Å². The summed E-state index contributed by atoms with van der Waals surface area (Å²) in [6, 6.07) is 4.84. The van der Waals surface area contributed by atoms with Crippen LogP contribution in [0.1, 0.15) is 56.9 Å². The molecule has 3 aromatic heterocycles. The fraction of sp³-hybridized carbons (Fsp3) is 0.571. The van der Waals surface area contributed by atoms with Gasteiger partial charge >= 0.3 is 0 Å². The van der Waals surface area contributed by atoms with Crippen molar-refractivity contribution in [2.45, 2.75) is 62.8 Å². The standard InChI is InChI=1S/C28H35N7O2/c1-2-8-28(9-3-1)10-11-29-26-24(28)25-22(37-26)19-31-27(33-25)32-23-5-4-21(18-30-23)34-12-6-20(7-13-34)35-14-16-36-17-15-35/h4-5,11,18-20H,1-3,6-10,12-17H2,(H,30,31,32,33). The molecule has 1 spiro atoms. The van der Waals surface area contributed by atoms with Crippen molar-refractivity contribution in [3.8, 4) is 0 Å². The van der Waals surface area contributed by atoms with E-state index in [1.165, 1.54) is 56.2 Å². The van der Waals surface area contributed by atoms with Gasteiger partial charge in [-0.25, -0.2) is 19.9 Å². The highest BCUT2D eigenvalue weighted by Gasteiger charge is 2.41. The Morgan fingerprint density at radius 3 is 2.57 bits per heavy atom. The molecule has 3 aromatic rings. The van der Waals surface area contributed by atoms with Crippen LogP contribution in [0.5, 0.6) is 0 Å². The topological polar surface area (TPSA) is 91.9 Å². The van der Waals surface area contributed by atoms with E-state index in [1.54, 1.807) is 6.20 Å². The van der Waals surface area contributed by atoms with Crippen LogP contribution in [0.25, 0.3) is 11.1 Å². The average Bonchev–Trinajstić information content (AvgIpc) is 3.34. The predicted octanol–water partition coefficient (Wildman–Crippen LogP) is 4.97. The van der Waals surface area contributed by atoms with Crippen molar-refractivity contribution in [3.05, 3.63) is 30.1 Å². The van der Waals surface area contributed by atoms with E-state index in [0.29, 0.717) is 17.6 Å². The van der Waals surface area contributed by atoms with E-state index >= 15 is 0 Å². The van der Waals surface area contributed by atoms with E-state index in [2.05, 4.69) is 36.1 Å². The Hall–Kier alpha value is -3.04. The van der Waals surface area contributed by atoms with Gasteiger partial charge < -0.3 is 19.4 Å². The molecule has 194 valence electrons. The van der Waals surface area contributed by atoms with Crippen LogP contribution < -0.4 is 10.2 Å². The summed E-state index contributed by atoms with van der Waals surface area (Å²) in [5, 5.41) is 3.31. The number of piperidine rings is 1. The summed E-state index contributed by atoms with van der Waals surface area (Å²) in [5.74, 6) is 2.01. The van der Waals surface area contributed by atoms with E-state index in [4.69, 9.17) is 14.1 Å². The Balaban J connectivity index is 1.05. The predicted molar refractivity (Wildman–Crippen MR) is 144 cm³/mol. The smallest absolute Gasteiger partial charge is 0.229 e. The summed E-state index contributed by atoms with van der Waals surface area (Å²) in [6.07, 6.45) is 15.2. The minimum absolute atomic E-state index is 0.0985. The quantitative estimate of drug-likeness (QED) is 0.536. The molecule has 7 rings (SSSR count). The van der Waals surface area contributed by atoms with E-state index in [-0.39, 0.29) is 5.41 Å².